The third kappa shape index (κ3) is 4.15. The summed E-state index contributed by atoms with van der Waals surface area (Å²) in [7, 11) is 0. The van der Waals surface area contributed by atoms with Gasteiger partial charge in [0, 0.05) is 23.2 Å². The summed E-state index contributed by atoms with van der Waals surface area (Å²) >= 11 is 5.97. The molecule has 0 spiro atoms. The summed E-state index contributed by atoms with van der Waals surface area (Å²) in [5.74, 6) is 0.203. The zero-order valence-corrected chi connectivity index (χ0v) is 14.7. The summed E-state index contributed by atoms with van der Waals surface area (Å²) in [6.07, 6.45) is 0.808. The highest BCUT2D eigenvalue weighted by molar-refractivity contribution is 6.30. The molecule has 1 aromatic carbocycles. The lowest BCUT2D eigenvalue weighted by atomic mass is 10.2. The monoisotopic (exact) mass is 373 g/mol. The summed E-state index contributed by atoms with van der Waals surface area (Å²) in [5, 5.41) is 11.3. The first-order valence-corrected chi connectivity index (χ1v) is 8.39. The smallest absolute Gasteiger partial charge is 0.278 e. The van der Waals surface area contributed by atoms with Gasteiger partial charge in [0.1, 0.15) is 12.2 Å². The second-order valence-electron chi connectivity index (χ2n) is 5.50. The second-order valence-corrected chi connectivity index (χ2v) is 5.93. The van der Waals surface area contributed by atoms with Crippen LogP contribution in [0.15, 0.2) is 45.7 Å². The van der Waals surface area contributed by atoms with Gasteiger partial charge in [-0.15, -0.1) is 0 Å². The van der Waals surface area contributed by atoms with Gasteiger partial charge in [0.2, 0.25) is 11.7 Å². The van der Waals surface area contributed by atoms with E-state index in [4.69, 9.17) is 16.1 Å². The van der Waals surface area contributed by atoms with Crippen molar-refractivity contribution in [1.82, 2.24) is 25.2 Å². The predicted molar refractivity (Wildman–Crippen MR) is 95.5 cm³/mol. The van der Waals surface area contributed by atoms with Gasteiger partial charge < -0.3 is 9.84 Å². The number of nitrogens with one attached hydrogen (secondary N) is 1. The van der Waals surface area contributed by atoms with Gasteiger partial charge in [-0.25, -0.2) is 4.68 Å². The zero-order chi connectivity index (χ0) is 18.5. The van der Waals surface area contributed by atoms with E-state index >= 15 is 0 Å². The molecule has 134 valence electrons. The average Bonchev–Trinajstić information content (AvgIpc) is 3.12. The second kappa shape index (κ2) is 7.92. The van der Waals surface area contributed by atoms with Crippen LogP contribution in [0.5, 0.6) is 0 Å². The topological polar surface area (TPSA) is 103 Å². The van der Waals surface area contributed by atoms with Crippen molar-refractivity contribution in [3.63, 3.8) is 0 Å². The first-order valence-electron chi connectivity index (χ1n) is 8.01. The van der Waals surface area contributed by atoms with Crippen molar-refractivity contribution in [2.75, 3.05) is 6.54 Å². The number of halogens is 1. The van der Waals surface area contributed by atoms with Crippen molar-refractivity contribution in [3.8, 4) is 23.0 Å². The number of hydrogen-bond donors (Lipinski definition) is 1. The average molecular weight is 374 g/mol. The molecule has 0 unspecified atom stereocenters. The Bertz CT molecular complexity index is 982. The van der Waals surface area contributed by atoms with E-state index in [1.165, 1.54) is 12.1 Å². The number of rotatable bonds is 6. The van der Waals surface area contributed by atoms with E-state index in [2.05, 4.69) is 20.6 Å². The Kier molecular flexibility index (Phi) is 5.43. The summed E-state index contributed by atoms with van der Waals surface area (Å²) in [5.41, 5.74) is 0.600. The molecule has 3 rings (SSSR count). The van der Waals surface area contributed by atoms with Crippen LogP contribution in [0.2, 0.25) is 5.02 Å². The molecule has 0 saturated carbocycles. The van der Waals surface area contributed by atoms with Gasteiger partial charge in [-0.3, -0.25) is 9.59 Å². The van der Waals surface area contributed by atoms with E-state index in [1.807, 2.05) is 6.92 Å². The van der Waals surface area contributed by atoms with Gasteiger partial charge in [-0.05, 0) is 24.6 Å². The van der Waals surface area contributed by atoms with Crippen LogP contribution in [0.4, 0.5) is 0 Å². The molecule has 0 atom stereocenters. The lowest BCUT2D eigenvalue weighted by Gasteiger charge is -2.05. The zero-order valence-electron chi connectivity index (χ0n) is 14.0. The van der Waals surface area contributed by atoms with Gasteiger partial charge >= 0.3 is 0 Å². The Morgan fingerprint density at radius 2 is 2.15 bits per heavy atom. The molecule has 3 aromatic rings. The quantitative estimate of drug-likeness (QED) is 0.710. The maximum absolute atomic E-state index is 11.9. The molecule has 1 N–H and O–H groups in total. The molecule has 0 aliphatic carbocycles. The van der Waals surface area contributed by atoms with Crippen molar-refractivity contribution in [2.24, 2.45) is 0 Å². The third-order valence-corrected chi connectivity index (χ3v) is 3.70. The molecule has 9 heteroatoms. The maximum Gasteiger partial charge on any atom is 0.278 e. The first-order chi connectivity index (χ1) is 12.6. The van der Waals surface area contributed by atoms with E-state index in [1.54, 1.807) is 24.3 Å². The van der Waals surface area contributed by atoms with Gasteiger partial charge in [0.25, 0.3) is 11.4 Å². The lowest BCUT2D eigenvalue weighted by molar-refractivity contribution is -0.121. The van der Waals surface area contributed by atoms with E-state index in [0.29, 0.717) is 28.6 Å². The summed E-state index contributed by atoms with van der Waals surface area (Å²) in [4.78, 5) is 28.0. The minimum atomic E-state index is -0.394. The minimum absolute atomic E-state index is 0.141. The number of hydrogen-bond acceptors (Lipinski definition) is 6. The predicted octanol–water partition coefficient (Wildman–Crippen LogP) is 2.14. The van der Waals surface area contributed by atoms with Crippen LogP contribution in [-0.4, -0.2) is 32.4 Å². The van der Waals surface area contributed by atoms with Crippen molar-refractivity contribution in [3.05, 3.63) is 51.8 Å². The number of nitrogens with zero attached hydrogens (tertiary/aromatic N) is 4. The molecule has 26 heavy (non-hydrogen) atoms. The highest BCUT2D eigenvalue weighted by atomic mass is 35.5. The SMILES string of the molecule is CCCNC(=O)Cn1nc(-c2nc(-c3cccc(Cl)c3)no2)ccc1=O. The molecule has 0 aliphatic heterocycles. The van der Waals surface area contributed by atoms with Crippen LogP contribution in [0.25, 0.3) is 23.0 Å². The molecule has 0 fully saturated rings. The van der Waals surface area contributed by atoms with Crippen LogP contribution in [0, 0.1) is 0 Å². The molecule has 0 bridgehead atoms. The standard InChI is InChI=1S/C17H16ClN5O3/c1-2-8-19-14(24)10-23-15(25)7-6-13(21-23)17-20-16(22-26-17)11-4-3-5-12(18)9-11/h3-7,9H,2,8,10H2,1H3,(H,19,24). The van der Waals surface area contributed by atoms with Gasteiger partial charge in [0.05, 0.1) is 0 Å². The first kappa shape index (κ1) is 17.8. The van der Waals surface area contributed by atoms with Crippen molar-refractivity contribution in [2.45, 2.75) is 19.9 Å². The Hall–Kier alpha value is -3.00. The Balaban J connectivity index is 1.85. The maximum atomic E-state index is 11.9. The summed E-state index contributed by atoms with van der Waals surface area (Å²) in [6, 6.07) is 9.81. The molecule has 0 aliphatic rings. The third-order valence-electron chi connectivity index (χ3n) is 3.46. The number of carbonyl (C=O) groups excluding carboxylic acids is 1. The van der Waals surface area contributed by atoms with E-state index in [9.17, 15) is 9.59 Å². The molecule has 2 heterocycles. The van der Waals surface area contributed by atoms with Crippen LogP contribution in [0.3, 0.4) is 0 Å². The fourth-order valence-corrected chi connectivity index (χ4v) is 2.40. The molecule has 0 saturated heterocycles. The fourth-order valence-electron chi connectivity index (χ4n) is 2.20. The fraction of sp³-hybridized carbons (Fsp3) is 0.235. The highest BCUT2D eigenvalue weighted by Crippen LogP contribution is 2.22. The van der Waals surface area contributed by atoms with E-state index in [0.717, 1.165) is 11.1 Å². The summed E-state index contributed by atoms with van der Waals surface area (Å²) in [6.45, 7) is 2.31. The number of carbonyl (C=O) groups is 1. The molecule has 1 amide bonds. The van der Waals surface area contributed by atoms with E-state index in [-0.39, 0.29) is 18.3 Å². The van der Waals surface area contributed by atoms with E-state index < -0.39 is 5.56 Å². The van der Waals surface area contributed by atoms with Crippen LogP contribution in [-0.2, 0) is 11.3 Å². The van der Waals surface area contributed by atoms with Crippen LogP contribution in [0.1, 0.15) is 13.3 Å². The molecule has 8 nitrogen and oxygen atoms in total. The minimum Gasteiger partial charge on any atom is -0.355 e. The van der Waals surface area contributed by atoms with Gasteiger partial charge in [0.15, 0.2) is 0 Å². The van der Waals surface area contributed by atoms with Crippen molar-refractivity contribution < 1.29 is 9.32 Å². The lowest BCUT2D eigenvalue weighted by Crippen LogP contribution is -2.33. The molecular formula is C17H16ClN5O3. The Morgan fingerprint density at radius 3 is 2.92 bits per heavy atom. The normalized spacial score (nSPS) is 10.7. The van der Waals surface area contributed by atoms with Crippen LogP contribution < -0.4 is 10.9 Å². The van der Waals surface area contributed by atoms with Crippen molar-refractivity contribution in [1.29, 1.82) is 0 Å². The number of benzene rings is 1. The molecule has 2 aromatic heterocycles. The molecule has 0 radical (unpaired) electrons. The Labute approximate surface area is 153 Å². The molecular weight excluding hydrogens is 358 g/mol. The largest absolute Gasteiger partial charge is 0.355 e. The van der Waals surface area contributed by atoms with Gasteiger partial charge in [-0.2, -0.15) is 10.1 Å². The van der Waals surface area contributed by atoms with Gasteiger partial charge in [-0.1, -0.05) is 35.8 Å². The highest BCUT2D eigenvalue weighted by Gasteiger charge is 2.14. The Morgan fingerprint density at radius 1 is 1.31 bits per heavy atom. The number of amides is 1. The summed E-state index contributed by atoms with van der Waals surface area (Å²) < 4.78 is 6.29. The van der Waals surface area contributed by atoms with Crippen molar-refractivity contribution >= 4 is 17.5 Å². The number of aromatic nitrogens is 4. The van der Waals surface area contributed by atoms with Crippen LogP contribution >= 0.6 is 11.6 Å².